The summed E-state index contributed by atoms with van der Waals surface area (Å²) in [7, 11) is 0. The first-order valence-electron chi connectivity index (χ1n) is 29.0. The number of imidazole rings is 1. The maximum Gasteiger partial charge on any atom is 0.326 e. The summed E-state index contributed by atoms with van der Waals surface area (Å²) in [4.78, 5) is 176. The van der Waals surface area contributed by atoms with Gasteiger partial charge in [0.25, 0.3) is 0 Å². The number of H-pyrrole nitrogens is 1. The summed E-state index contributed by atoms with van der Waals surface area (Å²) in [6, 6.07) is -7.05. The van der Waals surface area contributed by atoms with Gasteiger partial charge in [0, 0.05) is 43.6 Å². The van der Waals surface area contributed by atoms with Crippen LogP contribution in [-0.4, -0.2) is 211 Å². The van der Waals surface area contributed by atoms with Crippen LogP contribution >= 0.6 is 12.6 Å². The molecule has 1 aromatic heterocycles. The number of carboxylic acid groups (broad SMARTS) is 2. The van der Waals surface area contributed by atoms with Crippen molar-refractivity contribution in [3.63, 3.8) is 0 Å². The van der Waals surface area contributed by atoms with Crippen LogP contribution in [0.2, 0.25) is 0 Å². The average molecular weight is 1300 g/mol. The van der Waals surface area contributed by atoms with Gasteiger partial charge < -0.3 is 107 Å². The molecule has 0 aliphatic rings. The Bertz CT molecular complexity index is 2820. The summed E-state index contributed by atoms with van der Waals surface area (Å²) in [5, 5.41) is 64.4. The molecule has 1 aromatic carbocycles. The van der Waals surface area contributed by atoms with Gasteiger partial charge in [-0.3, -0.25) is 62.7 Å². The summed E-state index contributed by atoms with van der Waals surface area (Å²) in [5.74, 6) is -14.9. The number of nitrogens with one attached hydrogen (secondary N) is 11. The van der Waals surface area contributed by atoms with Gasteiger partial charge in [-0.05, 0) is 63.4 Å². The lowest BCUT2D eigenvalue weighted by atomic mass is 10.0. The van der Waals surface area contributed by atoms with Crippen LogP contribution in [-0.2, 0) is 70.4 Å². The van der Waals surface area contributed by atoms with Gasteiger partial charge in [0.2, 0.25) is 59.1 Å². The molecule has 36 heteroatoms. The standard InChI is InChI=1S/C55H89N19O16S/c1-26(2)18-34(48(84)74-43(29(6)76)52(88)71-37(53(89)90)19-30-12-8-7-9-13-30)66-39(77)23-64-44(80)32(14-10-16-62-54(57)58)67-46(82)35(20-31-22-61-25-65-31)69-47(83)36(21-40(78)79)70-51(87)42(27(3)4)73-45(81)33(15-11-17-63-55(59)60)68-49(85)38(24-91)72-50(86)41(56)28(5)75/h7-9,12-13,22,25-29,32-38,41-43,75-76,91H,10-11,14-21,23-24,56H2,1-6H3,(H,61,65)(H,64,80)(H,66,77)(H,67,82)(H,68,85)(H,69,83)(H,70,87)(H,71,88)(H,72,86)(H,73,81)(H,74,84)(H,78,79)(H,89,90)(H4,57,58,62)(H4,59,60,63)/t28-,29-,32+,33+,34+,35+,36+,37+,38+,41+,42+,43+/m1/s1. The predicted molar refractivity (Wildman–Crippen MR) is 332 cm³/mol. The van der Waals surface area contributed by atoms with E-state index in [2.05, 4.69) is 85.7 Å². The molecule has 0 aliphatic carbocycles. The second kappa shape index (κ2) is 39.8. The fraction of sp³-hybridized carbons (Fsp3) is 0.582. The van der Waals surface area contributed by atoms with Crippen LogP contribution in [0.15, 0.2) is 52.8 Å². The Morgan fingerprint density at radius 2 is 1.04 bits per heavy atom. The highest BCUT2D eigenvalue weighted by Gasteiger charge is 2.37. The van der Waals surface area contributed by atoms with Gasteiger partial charge in [-0.15, -0.1) is 0 Å². The number of carbonyl (C=O) groups excluding carboxylic acids is 10. The average Bonchev–Trinajstić information content (AvgIpc) is 2.85. The number of aromatic amines is 1. The number of aliphatic hydroxyl groups is 2. The van der Waals surface area contributed by atoms with E-state index in [9.17, 15) is 78.0 Å². The Hall–Kier alpha value is -9.16. The summed E-state index contributed by atoms with van der Waals surface area (Å²) in [6.07, 6.45) is -2.14. The van der Waals surface area contributed by atoms with Gasteiger partial charge in [0.05, 0.1) is 31.5 Å². The minimum absolute atomic E-state index is 0.0107. The van der Waals surface area contributed by atoms with Crippen molar-refractivity contribution in [2.75, 3.05) is 25.4 Å². The van der Waals surface area contributed by atoms with Crippen molar-refractivity contribution in [1.82, 2.24) is 63.1 Å². The number of nitrogens with two attached hydrogens (primary N) is 5. The molecular weight excluding hydrogens is 1210 g/mol. The molecule has 0 spiro atoms. The van der Waals surface area contributed by atoms with E-state index in [1.54, 1.807) is 44.2 Å². The third-order valence-electron chi connectivity index (χ3n) is 13.4. The molecule has 0 aliphatic heterocycles. The van der Waals surface area contributed by atoms with Crippen molar-refractivity contribution in [2.24, 2.45) is 50.5 Å². The molecule has 12 atom stereocenters. The third kappa shape index (κ3) is 29.4. The molecule has 0 bridgehead atoms. The number of aromatic nitrogens is 2. The van der Waals surface area contributed by atoms with Crippen molar-refractivity contribution in [2.45, 2.75) is 166 Å². The minimum Gasteiger partial charge on any atom is -0.481 e. The van der Waals surface area contributed by atoms with E-state index in [1.807, 2.05) is 0 Å². The molecule has 0 saturated heterocycles. The molecule has 35 nitrogen and oxygen atoms in total. The number of thiol groups is 1. The Kier molecular flexibility index (Phi) is 34.1. The molecular formula is C55H89N19O16S. The summed E-state index contributed by atoms with van der Waals surface area (Å²) < 4.78 is 0. The molecule has 10 amide bonds. The van der Waals surface area contributed by atoms with E-state index in [-0.39, 0.29) is 87.3 Å². The first kappa shape index (κ1) is 77.9. The molecule has 0 fully saturated rings. The number of amides is 10. The zero-order valence-electron chi connectivity index (χ0n) is 51.5. The molecule has 2 rings (SSSR count). The van der Waals surface area contributed by atoms with Crippen LogP contribution < -0.4 is 81.8 Å². The van der Waals surface area contributed by atoms with Crippen LogP contribution in [0.4, 0.5) is 0 Å². The zero-order chi connectivity index (χ0) is 68.7. The Balaban J connectivity index is 2.41. The van der Waals surface area contributed by atoms with Gasteiger partial charge in [-0.1, -0.05) is 58.0 Å². The van der Waals surface area contributed by atoms with Gasteiger partial charge in [0.15, 0.2) is 11.9 Å². The van der Waals surface area contributed by atoms with E-state index < -0.39 is 163 Å². The lowest BCUT2D eigenvalue weighted by molar-refractivity contribution is -0.143. The first-order valence-corrected chi connectivity index (χ1v) is 29.7. The number of nitrogens with zero attached hydrogens (tertiary/aromatic N) is 3. The van der Waals surface area contributed by atoms with Gasteiger partial charge >= 0.3 is 11.9 Å². The maximum absolute atomic E-state index is 14.4. The van der Waals surface area contributed by atoms with E-state index in [4.69, 9.17) is 28.7 Å². The van der Waals surface area contributed by atoms with Gasteiger partial charge in [0.1, 0.15) is 60.4 Å². The van der Waals surface area contributed by atoms with Crippen molar-refractivity contribution in [3.05, 3.63) is 54.1 Å². The van der Waals surface area contributed by atoms with Gasteiger partial charge in [-0.25, -0.2) is 9.78 Å². The first-order chi connectivity index (χ1) is 42.7. The van der Waals surface area contributed by atoms with Crippen LogP contribution in [0.5, 0.6) is 0 Å². The van der Waals surface area contributed by atoms with Crippen molar-refractivity contribution < 1.29 is 78.0 Å². The summed E-state index contributed by atoms with van der Waals surface area (Å²) in [5.41, 5.74) is 28.4. The number of carboxylic acids is 2. The van der Waals surface area contributed by atoms with E-state index >= 15 is 0 Å². The monoisotopic (exact) mass is 1300 g/mol. The molecule has 2 aromatic rings. The maximum atomic E-state index is 14.4. The largest absolute Gasteiger partial charge is 0.481 e. The number of benzene rings is 1. The number of hydrogen-bond donors (Lipinski definition) is 21. The Morgan fingerprint density at radius 1 is 0.560 bits per heavy atom. The lowest BCUT2D eigenvalue weighted by Gasteiger charge is -2.28. The molecule has 1 heterocycles. The summed E-state index contributed by atoms with van der Waals surface area (Å²) in [6.45, 7) is 8.00. The fourth-order valence-electron chi connectivity index (χ4n) is 8.51. The Labute approximate surface area is 530 Å². The highest BCUT2D eigenvalue weighted by molar-refractivity contribution is 7.80. The second-order valence-corrected chi connectivity index (χ2v) is 22.4. The minimum atomic E-state index is -1.95. The lowest BCUT2D eigenvalue weighted by Crippen LogP contribution is -2.61. The van der Waals surface area contributed by atoms with Crippen LogP contribution in [0.1, 0.15) is 91.3 Å². The van der Waals surface area contributed by atoms with Crippen molar-refractivity contribution in [3.8, 4) is 0 Å². The number of aliphatic imine (C=N–C) groups is 2. The SMILES string of the molecule is CC(C)C[C@H](NC(=O)CNC(=O)[C@H](CCCN=C(N)N)NC(=O)[C@H](Cc1cnc[nH]1)NC(=O)[C@H](CC(=O)O)NC(=O)[C@@H](NC(=O)[C@H](CCCN=C(N)N)NC(=O)[C@H](CS)NC(=O)[C@@H](N)[C@@H](C)O)C(C)C)C(=O)N[C@H](C(=O)N[C@@H](Cc1ccccc1)C(=O)O)[C@@H](C)O. The van der Waals surface area contributed by atoms with E-state index in [0.29, 0.717) is 5.56 Å². The molecule has 91 heavy (non-hydrogen) atoms. The van der Waals surface area contributed by atoms with Gasteiger partial charge in [-0.2, -0.15) is 12.6 Å². The topological polar surface area (TPSA) is 590 Å². The molecule has 0 radical (unpaired) electrons. The molecule has 506 valence electrons. The smallest absolute Gasteiger partial charge is 0.326 e. The fourth-order valence-corrected chi connectivity index (χ4v) is 8.77. The quantitative estimate of drug-likeness (QED) is 0.0127. The van der Waals surface area contributed by atoms with Crippen molar-refractivity contribution in [1.29, 1.82) is 0 Å². The normalized spacial score (nSPS) is 15.0. The number of rotatable bonds is 41. The van der Waals surface area contributed by atoms with Crippen molar-refractivity contribution >= 4 is 95.6 Å². The number of hydrogen-bond acceptors (Lipinski definition) is 19. The highest BCUT2D eigenvalue weighted by Crippen LogP contribution is 2.12. The number of aliphatic carboxylic acids is 2. The highest BCUT2D eigenvalue weighted by atomic mass is 32.1. The molecule has 0 unspecified atom stereocenters. The molecule has 25 N–H and O–H groups in total. The second-order valence-electron chi connectivity index (χ2n) is 22.0. The van der Waals surface area contributed by atoms with Crippen LogP contribution in [0.25, 0.3) is 0 Å². The van der Waals surface area contributed by atoms with Crippen LogP contribution in [0, 0.1) is 11.8 Å². The molecule has 0 saturated carbocycles. The van der Waals surface area contributed by atoms with E-state index in [1.165, 1.54) is 40.2 Å². The number of aliphatic hydroxyl groups excluding tert-OH is 2. The summed E-state index contributed by atoms with van der Waals surface area (Å²) >= 11 is 4.12. The predicted octanol–water partition coefficient (Wildman–Crippen LogP) is -6.94. The number of guanidine groups is 2. The van der Waals surface area contributed by atoms with E-state index in [0.717, 1.165) is 0 Å². The zero-order valence-corrected chi connectivity index (χ0v) is 52.4. The third-order valence-corrected chi connectivity index (χ3v) is 13.8. The number of carbonyl (C=O) groups is 12. The Morgan fingerprint density at radius 3 is 1.54 bits per heavy atom. The van der Waals surface area contributed by atoms with Crippen LogP contribution in [0.3, 0.4) is 0 Å².